The quantitative estimate of drug-likeness (QED) is 0.722. The Morgan fingerprint density at radius 1 is 1.06 bits per heavy atom. The van der Waals surface area contributed by atoms with Crippen LogP contribution in [0.5, 0.6) is 0 Å². The summed E-state index contributed by atoms with van der Waals surface area (Å²) in [5, 5.41) is 14.3. The molecule has 0 radical (unpaired) electrons. The van der Waals surface area contributed by atoms with Gasteiger partial charge in [0.15, 0.2) is 0 Å². The number of fused-ring (bicyclic) bond motifs is 1. The van der Waals surface area contributed by atoms with Gasteiger partial charge >= 0.3 is 0 Å². The zero-order valence-electron chi connectivity index (χ0n) is 9.51. The van der Waals surface area contributed by atoms with Gasteiger partial charge in [-0.05, 0) is 34.5 Å². The summed E-state index contributed by atoms with van der Waals surface area (Å²) >= 11 is 7.61. The summed E-state index contributed by atoms with van der Waals surface area (Å²) in [7, 11) is 0. The maximum atomic E-state index is 10.5. The molecule has 0 aliphatic heterocycles. The first kappa shape index (κ1) is 11.7. The number of rotatable bonds is 2. The first-order valence-electron chi connectivity index (χ1n) is 5.65. The second kappa shape index (κ2) is 4.73. The lowest BCUT2D eigenvalue weighted by atomic mass is 10.0. The SMILES string of the molecule is OC(c1cccc(Cl)c1)c1cccc2ccsc12. The number of hydrogen-bond donors (Lipinski definition) is 1. The highest BCUT2D eigenvalue weighted by atomic mass is 35.5. The zero-order valence-corrected chi connectivity index (χ0v) is 11.1. The van der Waals surface area contributed by atoms with Crippen LogP contribution in [-0.2, 0) is 0 Å². The van der Waals surface area contributed by atoms with Crippen molar-refractivity contribution in [3.8, 4) is 0 Å². The van der Waals surface area contributed by atoms with Gasteiger partial charge in [0.1, 0.15) is 6.10 Å². The fourth-order valence-electron chi connectivity index (χ4n) is 2.09. The Kier molecular flexibility index (Phi) is 3.08. The van der Waals surface area contributed by atoms with Crippen LogP contribution in [0.4, 0.5) is 0 Å². The average Bonchev–Trinajstić information content (AvgIpc) is 2.86. The van der Waals surface area contributed by atoms with E-state index in [2.05, 4.69) is 12.1 Å². The lowest BCUT2D eigenvalue weighted by Gasteiger charge is -2.12. The molecule has 0 saturated heterocycles. The van der Waals surface area contributed by atoms with Crippen LogP contribution < -0.4 is 0 Å². The third-order valence-corrected chi connectivity index (χ3v) is 4.18. The maximum absolute atomic E-state index is 10.5. The van der Waals surface area contributed by atoms with Crippen LogP contribution in [0, 0.1) is 0 Å². The van der Waals surface area contributed by atoms with Gasteiger partial charge in [0.2, 0.25) is 0 Å². The molecule has 0 bridgehead atoms. The largest absolute Gasteiger partial charge is 0.384 e. The fraction of sp³-hybridized carbons (Fsp3) is 0.0667. The zero-order chi connectivity index (χ0) is 12.5. The standard InChI is InChI=1S/C15H11ClOS/c16-12-5-1-4-11(9-12)14(17)13-6-2-3-10-7-8-18-15(10)13/h1-9,14,17H. The molecule has 0 aliphatic carbocycles. The predicted octanol–water partition coefficient (Wildman–Crippen LogP) is 4.64. The number of halogens is 1. The Morgan fingerprint density at radius 3 is 2.72 bits per heavy atom. The smallest absolute Gasteiger partial charge is 0.105 e. The molecule has 1 unspecified atom stereocenters. The van der Waals surface area contributed by atoms with Crippen molar-refractivity contribution in [3.05, 3.63) is 70.1 Å². The van der Waals surface area contributed by atoms with Crippen LogP contribution in [-0.4, -0.2) is 5.11 Å². The minimum atomic E-state index is -0.633. The van der Waals surface area contributed by atoms with E-state index in [4.69, 9.17) is 11.6 Å². The van der Waals surface area contributed by atoms with E-state index in [0.717, 1.165) is 15.8 Å². The van der Waals surface area contributed by atoms with E-state index in [1.165, 1.54) is 5.39 Å². The minimum Gasteiger partial charge on any atom is -0.384 e. The monoisotopic (exact) mass is 274 g/mol. The van der Waals surface area contributed by atoms with Gasteiger partial charge in [-0.3, -0.25) is 0 Å². The van der Waals surface area contributed by atoms with Crippen LogP contribution >= 0.6 is 22.9 Å². The highest BCUT2D eigenvalue weighted by molar-refractivity contribution is 7.17. The topological polar surface area (TPSA) is 20.2 Å². The molecular formula is C15H11ClOS. The van der Waals surface area contributed by atoms with E-state index in [9.17, 15) is 5.11 Å². The molecule has 18 heavy (non-hydrogen) atoms. The molecular weight excluding hydrogens is 264 g/mol. The van der Waals surface area contributed by atoms with Crippen molar-refractivity contribution in [2.24, 2.45) is 0 Å². The van der Waals surface area contributed by atoms with Gasteiger partial charge in [0.25, 0.3) is 0 Å². The van der Waals surface area contributed by atoms with Gasteiger partial charge in [-0.15, -0.1) is 11.3 Å². The molecule has 1 aromatic heterocycles. The van der Waals surface area contributed by atoms with Gasteiger partial charge in [0.05, 0.1) is 0 Å². The number of hydrogen-bond acceptors (Lipinski definition) is 2. The van der Waals surface area contributed by atoms with E-state index in [0.29, 0.717) is 5.02 Å². The van der Waals surface area contributed by atoms with Crippen LogP contribution in [0.3, 0.4) is 0 Å². The molecule has 1 N–H and O–H groups in total. The molecule has 1 nitrogen and oxygen atoms in total. The van der Waals surface area contributed by atoms with Crippen molar-refractivity contribution in [2.45, 2.75) is 6.10 Å². The van der Waals surface area contributed by atoms with Crippen molar-refractivity contribution in [3.63, 3.8) is 0 Å². The van der Waals surface area contributed by atoms with E-state index >= 15 is 0 Å². The predicted molar refractivity (Wildman–Crippen MR) is 77.3 cm³/mol. The van der Waals surface area contributed by atoms with Gasteiger partial charge in [-0.1, -0.05) is 41.9 Å². The van der Waals surface area contributed by atoms with Crippen molar-refractivity contribution >= 4 is 33.0 Å². The fourth-order valence-corrected chi connectivity index (χ4v) is 3.23. The van der Waals surface area contributed by atoms with Crippen LogP contribution in [0.15, 0.2) is 53.9 Å². The number of aliphatic hydroxyl groups is 1. The summed E-state index contributed by atoms with van der Waals surface area (Å²) in [6.07, 6.45) is -0.633. The lowest BCUT2D eigenvalue weighted by molar-refractivity contribution is 0.222. The molecule has 1 heterocycles. The second-order valence-corrected chi connectivity index (χ2v) is 5.50. The Bertz CT molecular complexity index is 690. The maximum Gasteiger partial charge on any atom is 0.105 e. The molecule has 1 atom stereocenters. The molecule has 3 heteroatoms. The average molecular weight is 275 g/mol. The summed E-state index contributed by atoms with van der Waals surface area (Å²) in [5.41, 5.74) is 1.76. The molecule has 3 aromatic rings. The third-order valence-electron chi connectivity index (χ3n) is 2.97. The molecule has 2 aromatic carbocycles. The van der Waals surface area contributed by atoms with Crippen molar-refractivity contribution in [1.82, 2.24) is 0 Å². The first-order valence-corrected chi connectivity index (χ1v) is 6.91. The summed E-state index contributed by atoms with van der Waals surface area (Å²) in [6.45, 7) is 0. The summed E-state index contributed by atoms with van der Waals surface area (Å²) in [5.74, 6) is 0. The molecule has 0 aliphatic rings. The molecule has 0 spiro atoms. The van der Waals surface area contributed by atoms with Crippen LogP contribution in [0.2, 0.25) is 5.02 Å². The number of benzene rings is 2. The van der Waals surface area contributed by atoms with Crippen molar-refractivity contribution in [1.29, 1.82) is 0 Å². The number of thiophene rings is 1. The Balaban J connectivity index is 2.12. The van der Waals surface area contributed by atoms with Crippen molar-refractivity contribution < 1.29 is 5.11 Å². The van der Waals surface area contributed by atoms with E-state index in [-0.39, 0.29) is 0 Å². The molecule has 3 rings (SSSR count). The lowest BCUT2D eigenvalue weighted by Crippen LogP contribution is -1.99. The summed E-state index contributed by atoms with van der Waals surface area (Å²) < 4.78 is 1.13. The normalized spacial score (nSPS) is 12.8. The van der Waals surface area contributed by atoms with Crippen molar-refractivity contribution in [2.75, 3.05) is 0 Å². The van der Waals surface area contributed by atoms with Crippen LogP contribution in [0.1, 0.15) is 17.2 Å². The van der Waals surface area contributed by atoms with Gasteiger partial charge in [-0.25, -0.2) is 0 Å². The Morgan fingerprint density at radius 2 is 1.89 bits per heavy atom. The second-order valence-electron chi connectivity index (χ2n) is 4.14. The molecule has 0 amide bonds. The van der Waals surface area contributed by atoms with Gasteiger partial charge in [0, 0.05) is 15.3 Å². The molecule has 0 fully saturated rings. The minimum absolute atomic E-state index is 0.633. The molecule has 0 saturated carbocycles. The highest BCUT2D eigenvalue weighted by Crippen LogP contribution is 2.32. The van der Waals surface area contributed by atoms with E-state index in [1.807, 2.05) is 35.7 Å². The third kappa shape index (κ3) is 2.03. The Hall–Kier alpha value is -1.35. The number of aliphatic hydroxyl groups excluding tert-OH is 1. The van der Waals surface area contributed by atoms with E-state index in [1.54, 1.807) is 17.4 Å². The highest BCUT2D eigenvalue weighted by Gasteiger charge is 2.14. The van der Waals surface area contributed by atoms with Gasteiger partial charge in [-0.2, -0.15) is 0 Å². The van der Waals surface area contributed by atoms with Crippen LogP contribution in [0.25, 0.3) is 10.1 Å². The first-order chi connectivity index (χ1) is 8.75. The molecule has 90 valence electrons. The summed E-state index contributed by atoms with van der Waals surface area (Å²) in [6, 6.07) is 15.4. The van der Waals surface area contributed by atoms with E-state index < -0.39 is 6.10 Å². The summed E-state index contributed by atoms with van der Waals surface area (Å²) in [4.78, 5) is 0. The Labute approximate surface area is 114 Å². The van der Waals surface area contributed by atoms with Gasteiger partial charge < -0.3 is 5.11 Å².